The van der Waals surface area contributed by atoms with Gasteiger partial charge in [-0.25, -0.2) is 4.39 Å². The Morgan fingerprint density at radius 3 is 1.94 bits per heavy atom. The summed E-state index contributed by atoms with van der Waals surface area (Å²) in [6.07, 6.45) is 1.93. The molecule has 0 bridgehead atoms. The molecule has 0 atom stereocenters. The van der Waals surface area contributed by atoms with Gasteiger partial charge >= 0.3 is 0 Å². The third-order valence-corrected chi connectivity index (χ3v) is 6.90. The van der Waals surface area contributed by atoms with Crippen LogP contribution in [-0.4, -0.2) is 15.9 Å². The van der Waals surface area contributed by atoms with Gasteiger partial charge in [0.1, 0.15) is 22.6 Å². The molecule has 0 saturated heterocycles. The standard InChI is InChI=1S/C30H27FN2OS/c1-19(2)4-5-20-6-15-26(28(31)18-20)27-17-16-25(29-30(27)33-35-32-29)23-9-7-21(8-10-23)22-11-13-24(34-3)14-12-22/h6-19H,4-5H2,1-3H3. The van der Waals surface area contributed by atoms with E-state index in [-0.39, 0.29) is 5.82 Å². The molecule has 0 aliphatic rings. The van der Waals surface area contributed by atoms with Gasteiger partial charge in [-0.3, -0.25) is 0 Å². The predicted molar refractivity (Wildman–Crippen MR) is 143 cm³/mol. The molecule has 0 amide bonds. The molecular formula is C30H27FN2OS. The Kier molecular flexibility index (Phi) is 6.60. The molecule has 0 unspecified atom stereocenters. The molecule has 0 spiro atoms. The van der Waals surface area contributed by atoms with Crippen LogP contribution in [0.5, 0.6) is 5.75 Å². The van der Waals surface area contributed by atoms with Gasteiger partial charge in [0.15, 0.2) is 0 Å². The van der Waals surface area contributed by atoms with E-state index in [0.717, 1.165) is 74.7 Å². The molecule has 5 rings (SSSR count). The second kappa shape index (κ2) is 9.96. The number of methoxy groups -OCH3 is 1. The molecule has 1 heterocycles. The zero-order valence-corrected chi connectivity index (χ0v) is 20.9. The summed E-state index contributed by atoms with van der Waals surface area (Å²) in [5.41, 5.74) is 8.21. The topological polar surface area (TPSA) is 35.0 Å². The first-order chi connectivity index (χ1) is 17.0. The van der Waals surface area contributed by atoms with Crippen LogP contribution in [0.1, 0.15) is 25.8 Å². The fourth-order valence-corrected chi connectivity index (χ4v) is 4.90. The summed E-state index contributed by atoms with van der Waals surface area (Å²) in [4.78, 5) is 0. The van der Waals surface area contributed by atoms with Gasteiger partial charge in [-0.05, 0) is 59.2 Å². The van der Waals surface area contributed by atoms with Gasteiger partial charge in [0.05, 0.1) is 18.8 Å². The van der Waals surface area contributed by atoms with Crippen LogP contribution in [0.25, 0.3) is 44.4 Å². The van der Waals surface area contributed by atoms with Crippen LogP contribution in [0.2, 0.25) is 0 Å². The zero-order chi connectivity index (χ0) is 24.4. The van der Waals surface area contributed by atoms with Crippen molar-refractivity contribution in [2.75, 3.05) is 7.11 Å². The summed E-state index contributed by atoms with van der Waals surface area (Å²) >= 11 is 1.16. The van der Waals surface area contributed by atoms with E-state index in [1.165, 1.54) is 0 Å². The van der Waals surface area contributed by atoms with Crippen molar-refractivity contribution in [2.24, 2.45) is 5.92 Å². The molecule has 0 radical (unpaired) electrons. The molecule has 35 heavy (non-hydrogen) atoms. The van der Waals surface area contributed by atoms with Crippen molar-refractivity contribution in [1.82, 2.24) is 8.75 Å². The number of ether oxygens (including phenoxy) is 1. The van der Waals surface area contributed by atoms with Crippen LogP contribution in [0.15, 0.2) is 78.9 Å². The van der Waals surface area contributed by atoms with Crippen LogP contribution in [0.4, 0.5) is 4.39 Å². The Balaban J connectivity index is 1.46. The lowest BCUT2D eigenvalue weighted by molar-refractivity contribution is 0.415. The number of rotatable bonds is 7. The maximum Gasteiger partial charge on any atom is 0.131 e. The number of fused-ring (bicyclic) bond motifs is 1. The van der Waals surface area contributed by atoms with E-state index >= 15 is 4.39 Å². The summed E-state index contributed by atoms with van der Waals surface area (Å²) in [7, 11) is 1.67. The molecule has 4 aromatic carbocycles. The zero-order valence-electron chi connectivity index (χ0n) is 20.1. The maximum atomic E-state index is 15.1. The van der Waals surface area contributed by atoms with Gasteiger partial charge in [-0.1, -0.05) is 74.5 Å². The Morgan fingerprint density at radius 1 is 0.743 bits per heavy atom. The first-order valence-corrected chi connectivity index (χ1v) is 12.6. The number of hydrogen-bond acceptors (Lipinski definition) is 4. The van der Waals surface area contributed by atoms with Gasteiger partial charge in [0, 0.05) is 16.7 Å². The average Bonchev–Trinajstić information content (AvgIpc) is 3.38. The Labute approximate surface area is 209 Å². The van der Waals surface area contributed by atoms with Gasteiger partial charge in [-0.2, -0.15) is 8.75 Å². The molecule has 1 aromatic heterocycles. The SMILES string of the molecule is COc1ccc(-c2ccc(-c3ccc(-c4ccc(CCC(C)C)cc4F)c4nsnc34)cc2)cc1. The third-order valence-electron chi connectivity index (χ3n) is 6.37. The van der Waals surface area contributed by atoms with E-state index in [0.29, 0.717) is 11.5 Å². The van der Waals surface area contributed by atoms with Crippen molar-refractivity contribution in [3.63, 3.8) is 0 Å². The Hall–Kier alpha value is -3.57. The van der Waals surface area contributed by atoms with Crippen molar-refractivity contribution in [2.45, 2.75) is 26.7 Å². The minimum Gasteiger partial charge on any atom is -0.497 e. The predicted octanol–water partition coefficient (Wildman–Crippen LogP) is 8.43. The number of aryl methyl sites for hydroxylation is 1. The summed E-state index contributed by atoms with van der Waals surface area (Å²) in [5, 5.41) is 0. The molecule has 0 aliphatic carbocycles. The minimum atomic E-state index is -0.211. The molecule has 5 heteroatoms. The Morgan fingerprint density at radius 2 is 1.31 bits per heavy atom. The maximum absolute atomic E-state index is 15.1. The van der Waals surface area contributed by atoms with Crippen LogP contribution in [-0.2, 0) is 6.42 Å². The monoisotopic (exact) mass is 482 g/mol. The second-order valence-corrected chi connectivity index (χ2v) is 9.70. The molecule has 0 fully saturated rings. The van der Waals surface area contributed by atoms with E-state index in [2.05, 4.69) is 46.9 Å². The number of benzene rings is 4. The number of halogens is 1. The van der Waals surface area contributed by atoms with Gasteiger partial charge in [0.2, 0.25) is 0 Å². The van der Waals surface area contributed by atoms with Crippen molar-refractivity contribution in [3.05, 3.63) is 90.2 Å². The largest absolute Gasteiger partial charge is 0.497 e. The van der Waals surface area contributed by atoms with Gasteiger partial charge in [0.25, 0.3) is 0 Å². The summed E-state index contributed by atoms with van der Waals surface area (Å²) in [6.45, 7) is 4.37. The van der Waals surface area contributed by atoms with E-state index in [1.54, 1.807) is 13.2 Å². The molecule has 176 valence electrons. The molecule has 0 saturated carbocycles. The van der Waals surface area contributed by atoms with Crippen molar-refractivity contribution in [3.8, 4) is 39.1 Å². The van der Waals surface area contributed by atoms with Crippen LogP contribution in [0, 0.1) is 11.7 Å². The summed E-state index contributed by atoms with van der Waals surface area (Å²) in [6, 6.07) is 26.0. The lowest BCUT2D eigenvalue weighted by Crippen LogP contribution is -1.95. The molecule has 5 aromatic rings. The smallest absolute Gasteiger partial charge is 0.131 e. The highest BCUT2D eigenvalue weighted by atomic mass is 32.1. The number of aromatic nitrogens is 2. The van der Waals surface area contributed by atoms with E-state index in [1.807, 2.05) is 48.5 Å². The fraction of sp³-hybridized carbons (Fsp3) is 0.200. The average molecular weight is 483 g/mol. The molecule has 0 aliphatic heterocycles. The van der Waals surface area contributed by atoms with Crippen molar-refractivity contribution in [1.29, 1.82) is 0 Å². The van der Waals surface area contributed by atoms with Crippen molar-refractivity contribution >= 4 is 22.8 Å². The van der Waals surface area contributed by atoms with Crippen LogP contribution in [0.3, 0.4) is 0 Å². The van der Waals surface area contributed by atoms with Gasteiger partial charge < -0.3 is 4.74 Å². The van der Waals surface area contributed by atoms with Crippen LogP contribution >= 0.6 is 11.7 Å². The summed E-state index contributed by atoms with van der Waals surface area (Å²) in [5.74, 6) is 1.22. The van der Waals surface area contributed by atoms with E-state index in [4.69, 9.17) is 4.74 Å². The third kappa shape index (κ3) is 4.82. The lowest BCUT2D eigenvalue weighted by atomic mass is 9.95. The van der Waals surface area contributed by atoms with Crippen molar-refractivity contribution < 1.29 is 9.13 Å². The quantitative estimate of drug-likeness (QED) is 0.233. The molecule has 3 nitrogen and oxygen atoms in total. The Bertz CT molecular complexity index is 1460. The molecular weight excluding hydrogens is 455 g/mol. The van der Waals surface area contributed by atoms with E-state index < -0.39 is 0 Å². The number of hydrogen-bond donors (Lipinski definition) is 0. The highest BCUT2D eigenvalue weighted by Crippen LogP contribution is 2.36. The van der Waals surface area contributed by atoms with Crippen LogP contribution < -0.4 is 4.74 Å². The van der Waals surface area contributed by atoms with E-state index in [9.17, 15) is 0 Å². The fourth-order valence-electron chi connectivity index (χ4n) is 4.33. The highest BCUT2D eigenvalue weighted by molar-refractivity contribution is 7.00. The molecule has 0 N–H and O–H groups in total. The normalized spacial score (nSPS) is 11.3. The lowest BCUT2D eigenvalue weighted by Gasteiger charge is -2.11. The first kappa shape index (κ1) is 23.2. The first-order valence-electron chi connectivity index (χ1n) is 11.8. The minimum absolute atomic E-state index is 0.211. The highest BCUT2D eigenvalue weighted by Gasteiger charge is 2.16. The summed E-state index contributed by atoms with van der Waals surface area (Å²) < 4.78 is 29.5. The number of nitrogens with zero attached hydrogens (tertiary/aromatic N) is 2. The second-order valence-electron chi connectivity index (χ2n) is 9.17. The van der Waals surface area contributed by atoms with Gasteiger partial charge in [-0.15, -0.1) is 0 Å².